The van der Waals surface area contributed by atoms with E-state index in [0.29, 0.717) is 25.8 Å². The fourth-order valence-electron chi connectivity index (χ4n) is 3.59. The largest absolute Gasteiger partial charge is 0.348 e. The Morgan fingerprint density at radius 3 is 2.18 bits per heavy atom. The SMILES string of the molecule is NS(=O)(=O)c1ccc(CCNC(=O)C(=O)NCC2CCCN2S(=O)(=O)c2ccccc2)cc1. The van der Waals surface area contributed by atoms with E-state index in [9.17, 15) is 26.4 Å². The highest BCUT2D eigenvalue weighted by Gasteiger charge is 2.35. The zero-order valence-corrected chi connectivity index (χ0v) is 19.4. The third-order valence-electron chi connectivity index (χ3n) is 5.33. The molecular weight excluding hydrogens is 468 g/mol. The van der Waals surface area contributed by atoms with Gasteiger partial charge in [0.15, 0.2) is 0 Å². The number of sulfonamides is 2. The van der Waals surface area contributed by atoms with Crippen LogP contribution >= 0.6 is 0 Å². The Morgan fingerprint density at radius 2 is 1.55 bits per heavy atom. The van der Waals surface area contributed by atoms with Crippen LogP contribution in [0, 0.1) is 0 Å². The molecule has 0 bridgehead atoms. The molecule has 0 spiro atoms. The number of carbonyl (C=O) groups excluding carboxylic acids is 2. The molecule has 1 aliphatic heterocycles. The maximum Gasteiger partial charge on any atom is 0.309 e. The summed E-state index contributed by atoms with van der Waals surface area (Å²) in [6.07, 6.45) is 1.64. The molecular formula is C21H26N4O6S2. The number of benzene rings is 2. The Morgan fingerprint density at radius 1 is 0.909 bits per heavy atom. The number of amides is 2. The molecule has 1 unspecified atom stereocenters. The lowest BCUT2D eigenvalue weighted by Gasteiger charge is -2.24. The van der Waals surface area contributed by atoms with E-state index in [2.05, 4.69) is 10.6 Å². The van der Waals surface area contributed by atoms with E-state index >= 15 is 0 Å². The van der Waals surface area contributed by atoms with Crippen molar-refractivity contribution < 1.29 is 26.4 Å². The standard InChI is InChI=1S/C21H26N4O6S2/c22-32(28,29)18-10-8-16(9-11-18)12-13-23-20(26)21(27)24-15-17-5-4-14-25(17)33(30,31)19-6-2-1-3-7-19/h1-3,6-11,17H,4-5,12-15H2,(H,23,26)(H,24,27)(H2,22,28,29). The molecule has 1 fully saturated rings. The first-order valence-corrected chi connectivity index (χ1v) is 13.3. The fraction of sp³-hybridized carbons (Fsp3) is 0.333. The van der Waals surface area contributed by atoms with Crippen LogP contribution in [0.1, 0.15) is 18.4 Å². The molecule has 2 aromatic rings. The smallest absolute Gasteiger partial charge is 0.309 e. The highest BCUT2D eigenvalue weighted by atomic mass is 32.2. The Hall–Kier alpha value is -2.80. The Labute approximate surface area is 193 Å². The van der Waals surface area contributed by atoms with Crippen LogP contribution in [0.25, 0.3) is 0 Å². The van der Waals surface area contributed by atoms with Gasteiger partial charge in [0.25, 0.3) is 0 Å². The molecule has 0 aromatic heterocycles. The van der Waals surface area contributed by atoms with Crippen LogP contribution in [0.3, 0.4) is 0 Å². The van der Waals surface area contributed by atoms with Gasteiger partial charge < -0.3 is 10.6 Å². The van der Waals surface area contributed by atoms with Gasteiger partial charge in [0.05, 0.1) is 9.79 Å². The van der Waals surface area contributed by atoms with E-state index in [4.69, 9.17) is 5.14 Å². The molecule has 1 saturated heterocycles. The lowest BCUT2D eigenvalue weighted by atomic mass is 10.1. The van der Waals surface area contributed by atoms with Crippen molar-refractivity contribution in [3.63, 3.8) is 0 Å². The summed E-state index contributed by atoms with van der Waals surface area (Å²) in [5, 5.41) is 10.1. The summed E-state index contributed by atoms with van der Waals surface area (Å²) in [5.41, 5.74) is 0.760. The van der Waals surface area contributed by atoms with Crippen LogP contribution in [-0.4, -0.2) is 58.6 Å². The van der Waals surface area contributed by atoms with Crippen LogP contribution in [0.4, 0.5) is 0 Å². The number of nitrogens with two attached hydrogens (primary N) is 1. The van der Waals surface area contributed by atoms with Crippen molar-refractivity contribution in [2.24, 2.45) is 5.14 Å². The van der Waals surface area contributed by atoms with Crippen LogP contribution in [0.2, 0.25) is 0 Å². The van der Waals surface area contributed by atoms with Gasteiger partial charge in [-0.2, -0.15) is 4.31 Å². The van der Waals surface area contributed by atoms with Gasteiger partial charge in [-0.15, -0.1) is 0 Å². The lowest BCUT2D eigenvalue weighted by Crippen LogP contribution is -2.47. The van der Waals surface area contributed by atoms with E-state index in [1.54, 1.807) is 30.3 Å². The van der Waals surface area contributed by atoms with Crippen molar-refractivity contribution in [2.45, 2.75) is 35.1 Å². The van der Waals surface area contributed by atoms with Crippen molar-refractivity contribution >= 4 is 31.9 Å². The van der Waals surface area contributed by atoms with Crippen molar-refractivity contribution in [1.82, 2.24) is 14.9 Å². The lowest BCUT2D eigenvalue weighted by molar-refractivity contribution is -0.139. The number of hydrogen-bond donors (Lipinski definition) is 3. The summed E-state index contributed by atoms with van der Waals surface area (Å²) in [7, 11) is -7.45. The van der Waals surface area contributed by atoms with Crippen LogP contribution in [0.5, 0.6) is 0 Å². The zero-order chi connectivity index (χ0) is 24.1. The third kappa shape index (κ3) is 6.38. The molecule has 4 N–H and O–H groups in total. The van der Waals surface area contributed by atoms with Gasteiger partial charge >= 0.3 is 11.8 Å². The Balaban J connectivity index is 1.47. The first-order chi connectivity index (χ1) is 15.6. The molecule has 2 amide bonds. The number of rotatable bonds is 8. The molecule has 0 saturated carbocycles. The second kappa shape index (κ2) is 10.4. The molecule has 0 radical (unpaired) electrons. The third-order valence-corrected chi connectivity index (χ3v) is 8.22. The quantitative estimate of drug-likeness (QED) is 0.437. The predicted molar refractivity (Wildman–Crippen MR) is 121 cm³/mol. The topological polar surface area (TPSA) is 156 Å². The molecule has 3 rings (SSSR count). The molecule has 1 aliphatic rings. The van der Waals surface area contributed by atoms with Gasteiger partial charge in [0.1, 0.15) is 0 Å². The summed E-state index contributed by atoms with van der Waals surface area (Å²) in [6, 6.07) is 13.6. The van der Waals surface area contributed by atoms with Crippen LogP contribution in [0.15, 0.2) is 64.4 Å². The second-order valence-electron chi connectivity index (χ2n) is 7.63. The molecule has 2 aromatic carbocycles. The summed E-state index contributed by atoms with van der Waals surface area (Å²) in [4.78, 5) is 24.4. The van der Waals surface area contributed by atoms with Crippen LogP contribution in [-0.2, 0) is 36.1 Å². The average Bonchev–Trinajstić information content (AvgIpc) is 3.27. The highest BCUT2D eigenvalue weighted by molar-refractivity contribution is 7.89. The fourth-order valence-corrected chi connectivity index (χ4v) is 5.82. The van der Waals surface area contributed by atoms with Crippen molar-refractivity contribution in [3.8, 4) is 0 Å². The van der Waals surface area contributed by atoms with E-state index in [1.165, 1.54) is 28.6 Å². The van der Waals surface area contributed by atoms with E-state index in [-0.39, 0.29) is 22.9 Å². The van der Waals surface area contributed by atoms with Gasteiger partial charge in [-0.25, -0.2) is 22.0 Å². The normalized spacial score (nSPS) is 16.9. The minimum absolute atomic E-state index is 0.00935. The van der Waals surface area contributed by atoms with E-state index < -0.39 is 37.9 Å². The molecule has 178 valence electrons. The van der Waals surface area contributed by atoms with Gasteiger partial charge in [0, 0.05) is 25.7 Å². The second-order valence-corrected chi connectivity index (χ2v) is 11.1. The number of hydrogen-bond acceptors (Lipinski definition) is 6. The first-order valence-electron chi connectivity index (χ1n) is 10.3. The zero-order valence-electron chi connectivity index (χ0n) is 17.8. The van der Waals surface area contributed by atoms with E-state index in [0.717, 1.165) is 5.56 Å². The highest BCUT2D eigenvalue weighted by Crippen LogP contribution is 2.25. The minimum Gasteiger partial charge on any atom is -0.348 e. The Bertz CT molecular complexity index is 1200. The molecule has 33 heavy (non-hydrogen) atoms. The first kappa shape index (κ1) is 24.8. The monoisotopic (exact) mass is 494 g/mol. The van der Waals surface area contributed by atoms with Crippen molar-refractivity contribution in [3.05, 3.63) is 60.2 Å². The van der Waals surface area contributed by atoms with Crippen LogP contribution < -0.4 is 15.8 Å². The summed E-state index contributed by atoms with van der Waals surface area (Å²) < 4.78 is 49.6. The van der Waals surface area contributed by atoms with Crippen molar-refractivity contribution in [2.75, 3.05) is 19.6 Å². The summed E-state index contributed by atoms with van der Waals surface area (Å²) in [6.45, 7) is 0.556. The molecule has 10 nitrogen and oxygen atoms in total. The maximum absolute atomic E-state index is 12.9. The Kier molecular flexibility index (Phi) is 7.84. The predicted octanol–water partition coefficient (Wildman–Crippen LogP) is -0.0378. The minimum atomic E-state index is -3.77. The van der Waals surface area contributed by atoms with Gasteiger partial charge in [-0.1, -0.05) is 30.3 Å². The summed E-state index contributed by atoms with van der Waals surface area (Å²) in [5.74, 6) is -1.67. The molecule has 1 atom stereocenters. The van der Waals surface area contributed by atoms with Gasteiger partial charge in [-0.05, 0) is 49.1 Å². The van der Waals surface area contributed by atoms with Crippen molar-refractivity contribution in [1.29, 1.82) is 0 Å². The molecule has 1 heterocycles. The van der Waals surface area contributed by atoms with Gasteiger partial charge in [0.2, 0.25) is 20.0 Å². The average molecular weight is 495 g/mol. The van der Waals surface area contributed by atoms with E-state index in [1.807, 2.05) is 0 Å². The number of nitrogens with one attached hydrogen (secondary N) is 2. The van der Waals surface area contributed by atoms with Gasteiger partial charge in [-0.3, -0.25) is 9.59 Å². The number of nitrogens with zero attached hydrogens (tertiary/aromatic N) is 1. The molecule has 0 aliphatic carbocycles. The molecule has 12 heteroatoms. The summed E-state index contributed by atoms with van der Waals surface area (Å²) >= 11 is 0. The number of primary sulfonamides is 1. The number of carbonyl (C=O) groups is 2. The maximum atomic E-state index is 12.9.